The quantitative estimate of drug-likeness (QED) is 0.0231. The first kappa shape index (κ1) is 66.5. The van der Waals surface area contributed by atoms with Crippen molar-refractivity contribution in [3.63, 3.8) is 0 Å². The van der Waals surface area contributed by atoms with Gasteiger partial charge in [0.2, 0.25) is 5.76 Å². The summed E-state index contributed by atoms with van der Waals surface area (Å²) in [5.41, 5.74) is 12.4. The molecule has 0 saturated heterocycles. The monoisotopic (exact) mass is 1190 g/mol. The number of aliphatic hydroxyl groups is 3. The second-order valence-electron chi connectivity index (χ2n) is 16.0. The number of carboxylic acids is 1. The van der Waals surface area contributed by atoms with Crippen LogP contribution in [0.5, 0.6) is 0 Å². The molecule has 0 aromatic carbocycles. The number of aliphatic hydroxyl groups excluding tert-OH is 3. The van der Waals surface area contributed by atoms with Gasteiger partial charge in [-0.05, 0) is 45.9 Å². The predicted octanol–water partition coefficient (Wildman–Crippen LogP) is -2.47. The van der Waals surface area contributed by atoms with E-state index in [0.29, 0.717) is 18.1 Å². The van der Waals surface area contributed by atoms with Crippen molar-refractivity contribution in [2.45, 2.75) is 119 Å². The van der Waals surface area contributed by atoms with Gasteiger partial charge in [0.05, 0.1) is 86.2 Å². The smallest absolute Gasteiger partial charge is 0.370 e. The molecule has 26 heteroatoms. The van der Waals surface area contributed by atoms with Crippen molar-refractivity contribution in [2.75, 3.05) is 62.5 Å². The summed E-state index contributed by atoms with van der Waals surface area (Å²) in [7, 11) is 9.14. The number of rotatable bonds is 27. The van der Waals surface area contributed by atoms with E-state index in [1.165, 1.54) is 33.6 Å². The Bertz CT molecular complexity index is 1950. The molecule has 3 aliphatic heterocycles. The zero-order valence-electron chi connectivity index (χ0n) is 42.3. The van der Waals surface area contributed by atoms with Crippen LogP contribution in [0.3, 0.4) is 0 Å². The SMILES string of the molecule is C=C(C)NC1C=C(C)O[C@@H](C(O)C(O)CO)C1NC=C=O.C=C(C)NC1C=C(C)O[C@@H](C(OC)C(COC)OC)C1NC=C=O.COCC(OC)C(OC)[C@@H]1OC(C(=O)O)=CC(N=C(N)N)C1NC=C=O.[W]. The van der Waals surface area contributed by atoms with Crippen LogP contribution in [0.2, 0.25) is 0 Å². The average molecular weight is 1190 g/mol. The summed E-state index contributed by atoms with van der Waals surface area (Å²) in [6, 6.07) is -2.86. The molecule has 12 unspecified atom stereocenters. The molecule has 0 fully saturated rings. The largest absolute Gasteiger partial charge is 0.490 e. The van der Waals surface area contributed by atoms with E-state index in [0.717, 1.165) is 23.9 Å². The molecule has 0 radical (unpaired) electrons. The number of aliphatic imine (C=N–C) groups is 1. The Balaban J connectivity index is 0.00000105. The summed E-state index contributed by atoms with van der Waals surface area (Å²) < 4.78 is 49.4. The third kappa shape index (κ3) is 21.3. The molecule has 0 bridgehead atoms. The number of carboxylic acid groups (broad SMARTS) is 1. The van der Waals surface area contributed by atoms with Crippen molar-refractivity contribution in [3.8, 4) is 0 Å². The molecular weight excluding hydrogens is 1120 g/mol. The summed E-state index contributed by atoms with van der Waals surface area (Å²) in [5.74, 6) is 4.31. The Morgan fingerprint density at radius 3 is 1.47 bits per heavy atom. The minimum atomic E-state index is -1.35. The van der Waals surface area contributed by atoms with Crippen LogP contribution in [0.25, 0.3) is 0 Å². The predicted molar refractivity (Wildman–Crippen MR) is 259 cm³/mol. The fraction of sp³-hybridized carbons (Fsp3) is 0.609. The fourth-order valence-electron chi connectivity index (χ4n) is 7.78. The van der Waals surface area contributed by atoms with Gasteiger partial charge in [0, 0.05) is 75.1 Å². The molecule has 0 saturated carbocycles. The number of aliphatic carboxylic acids is 1. The van der Waals surface area contributed by atoms with Gasteiger partial charge in [-0.1, -0.05) is 13.2 Å². The number of carbonyl (C=O) groups is 1. The van der Waals surface area contributed by atoms with Crippen LogP contribution < -0.4 is 38.1 Å². The van der Waals surface area contributed by atoms with Gasteiger partial charge in [-0.2, -0.15) is 0 Å². The fourth-order valence-corrected chi connectivity index (χ4v) is 7.78. The van der Waals surface area contributed by atoms with E-state index in [1.54, 1.807) is 59.1 Å². The summed E-state index contributed by atoms with van der Waals surface area (Å²) >= 11 is 0. The van der Waals surface area contributed by atoms with E-state index < -0.39 is 79.5 Å². The molecule has 3 heterocycles. The molecule has 0 aromatic rings. The van der Waals surface area contributed by atoms with Gasteiger partial charge in [-0.3, -0.25) is 0 Å². The van der Waals surface area contributed by atoms with Crippen molar-refractivity contribution < 1.29 is 103 Å². The number of methoxy groups -OCH3 is 6. The Labute approximate surface area is 434 Å². The van der Waals surface area contributed by atoms with Gasteiger partial charge in [0.25, 0.3) is 0 Å². The summed E-state index contributed by atoms with van der Waals surface area (Å²) in [5, 5.41) is 53.0. The minimum Gasteiger partial charge on any atom is -0.490 e. The van der Waals surface area contributed by atoms with Crippen molar-refractivity contribution in [3.05, 3.63) is 78.7 Å². The standard InChI is InChI=1S/C17H28N2O5.C15H24N4O7.C14H22N2O5.W/c1-11(2)19-13-9-12(3)24-17(15(13)18-7-8-20)16(23-6)14(22-5)10-21-4;1-23-7-10(24-2)12(25-3)13-11(18-4-5-20)8(19-15(16)17)6-9(26-13)14(21)22;1-8(2)16-10-6-9(3)21-14(12(10)15-4-5-17)13(20)11(19)7-18;/h7,9,13-19H,1,10H2,2-6H3;4,6,8,10-13,18H,7H2,1-3H3,(H,21,22)(H4,16,17,19);4,6,10-16,18-20H,1,7H2,2-3H3;/t13?,14?,15?,16?,17-;8?,10?,11?,12?,13-;10?,11?,12?,13?,14-;/m111./s1. The number of guanidine groups is 1. The minimum absolute atomic E-state index is 0. The maximum atomic E-state index is 11.4. The molecule has 3 aliphatic rings. The van der Waals surface area contributed by atoms with Crippen LogP contribution in [0, 0.1) is 0 Å². The second-order valence-corrected chi connectivity index (χ2v) is 16.0. The first-order valence-electron chi connectivity index (χ1n) is 21.9. The Morgan fingerprint density at radius 1 is 0.722 bits per heavy atom. The number of hydrogen-bond acceptors (Lipinski definition) is 22. The van der Waals surface area contributed by atoms with Crippen LogP contribution in [0.1, 0.15) is 27.7 Å². The number of nitrogens with one attached hydrogen (secondary N) is 5. The summed E-state index contributed by atoms with van der Waals surface area (Å²) in [4.78, 5) is 47.2. The number of nitrogens with zero attached hydrogens (tertiary/aromatic N) is 1. The first-order chi connectivity index (χ1) is 33.8. The van der Waals surface area contributed by atoms with Crippen molar-refractivity contribution in [1.29, 1.82) is 0 Å². The Hall–Kier alpha value is -5.48. The van der Waals surface area contributed by atoms with E-state index in [4.69, 9.17) is 59.2 Å². The van der Waals surface area contributed by atoms with E-state index in [1.807, 2.05) is 19.9 Å². The molecule has 406 valence electrons. The summed E-state index contributed by atoms with van der Waals surface area (Å²) in [6.07, 6.45) is 1.29. The summed E-state index contributed by atoms with van der Waals surface area (Å²) in [6.45, 7) is 14.8. The number of allylic oxidation sites excluding steroid dienone is 4. The molecule has 0 aromatic heterocycles. The topological polar surface area (TPSA) is 357 Å². The number of hydrogen-bond donors (Lipinski definition) is 11. The van der Waals surface area contributed by atoms with Crippen molar-refractivity contribution in [2.24, 2.45) is 16.5 Å². The van der Waals surface area contributed by atoms with E-state index >= 15 is 0 Å². The maximum absolute atomic E-state index is 11.4. The van der Waals surface area contributed by atoms with Crippen molar-refractivity contribution in [1.82, 2.24) is 26.6 Å². The normalized spacial score (nSPS) is 25.3. The molecule has 72 heavy (non-hydrogen) atoms. The van der Waals surface area contributed by atoms with Gasteiger partial charge < -0.3 is 101 Å². The van der Waals surface area contributed by atoms with E-state index in [2.05, 4.69) is 44.7 Å². The maximum Gasteiger partial charge on any atom is 0.370 e. The molecule has 0 spiro atoms. The van der Waals surface area contributed by atoms with E-state index in [-0.39, 0.29) is 63.6 Å². The number of ether oxygens (including phenoxy) is 9. The third-order valence-corrected chi connectivity index (χ3v) is 10.7. The Morgan fingerprint density at radius 2 is 1.12 bits per heavy atom. The second kappa shape index (κ2) is 35.6. The van der Waals surface area contributed by atoms with Crippen LogP contribution in [-0.2, 0) is 82.9 Å². The van der Waals surface area contributed by atoms with Crippen LogP contribution >= 0.6 is 0 Å². The molecule has 0 aliphatic carbocycles. The van der Waals surface area contributed by atoms with E-state index in [9.17, 15) is 34.5 Å². The van der Waals surface area contributed by atoms with Crippen molar-refractivity contribution >= 4 is 29.8 Å². The van der Waals surface area contributed by atoms with Gasteiger partial charge >= 0.3 is 5.97 Å². The average Bonchev–Trinajstić information content (AvgIpc) is 3.32. The number of carbonyl (C=O) groups excluding carboxylic acids is 3. The van der Waals surface area contributed by atoms with Gasteiger partial charge in [-0.15, -0.1) is 0 Å². The Kier molecular flexibility index (Phi) is 32.9. The zero-order valence-corrected chi connectivity index (χ0v) is 45.2. The van der Waals surface area contributed by atoms with Gasteiger partial charge in [-0.25, -0.2) is 24.2 Å². The number of nitrogens with two attached hydrogens (primary N) is 2. The molecular formula is C46H74N8O17W. The molecule has 0 amide bonds. The zero-order chi connectivity index (χ0) is 53.8. The van der Waals surface area contributed by atoms with Crippen LogP contribution in [0.15, 0.2) is 83.6 Å². The molecule has 3 rings (SSSR count). The molecule has 25 nitrogen and oxygen atoms in total. The van der Waals surface area contributed by atoms with Crippen LogP contribution in [0.4, 0.5) is 0 Å². The molecule has 13 N–H and O–H groups in total. The molecule has 15 atom stereocenters. The van der Waals surface area contributed by atoms with Gasteiger partial charge in [0.1, 0.15) is 66.7 Å². The third-order valence-electron chi connectivity index (χ3n) is 10.7. The van der Waals surface area contributed by atoms with Crippen LogP contribution in [-0.4, -0.2) is 204 Å². The first-order valence-corrected chi connectivity index (χ1v) is 21.9. The van der Waals surface area contributed by atoms with Gasteiger partial charge in [0.15, 0.2) is 12.1 Å².